The molecule has 0 aliphatic heterocycles. The van der Waals surface area contributed by atoms with E-state index < -0.39 is 4.92 Å². The van der Waals surface area contributed by atoms with E-state index >= 15 is 0 Å². The Morgan fingerprint density at radius 2 is 2.00 bits per heavy atom. The minimum atomic E-state index is -0.401. The molecule has 2 aromatic carbocycles. The molecule has 4 nitrogen and oxygen atoms in total. The number of hydrogen-bond donors (Lipinski definition) is 0. The maximum Gasteiger partial charge on any atom is 0.277 e. The third-order valence-corrected chi connectivity index (χ3v) is 3.21. The molecule has 0 heterocycles. The first kappa shape index (κ1) is 13.5. The molecule has 0 N–H and O–H groups in total. The fourth-order valence-corrected chi connectivity index (χ4v) is 2.05. The Morgan fingerprint density at radius 3 is 2.68 bits per heavy atom. The standard InChI is InChI=1S/C14H12BrNO3/c1-10-4-2-3-5-14(10)19-9-11-6-7-12(15)8-13(11)16(17)18/h2-8H,9H2,1H3. The Morgan fingerprint density at radius 1 is 1.26 bits per heavy atom. The van der Waals surface area contributed by atoms with Crippen molar-refractivity contribution in [2.24, 2.45) is 0 Å². The summed E-state index contributed by atoms with van der Waals surface area (Å²) in [4.78, 5) is 10.6. The van der Waals surface area contributed by atoms with Crippen molar-refractivity contribution < 1.29 is 9.66 Å². The van der Waals surface area contributed by atoms with E-state index in [0.717, 1.165) is 11.3 Å². The van der Waals surface area contributed by atoms with Gasteiger partial charge in [0.1, 0.15) is 12.4 Å². The number of benzene rings is 2. The first-order valence-corrected chi connectivity index (χ1v) is 6.48. The molecular formula is C14H12BrNO3. The van der Waals surface area contributed by atoms with E-state index in [4.69, 9.17) is 4.74 Å². The molecule has 0 aliphatic carbocycles. The summed E-state index contributed by atoms with van der Waals surface area (Å²) in [5.41, 5.74) is 1.61. The van der Waals surface area contributed by atoms with E-state index in [9.17, 15) is 10.1 Å². The molecule has 0 atom stereocenters. The SMILES string of the molecule is Cc1ccccc1OCc1ccc(Br)cc1[N+](=O)[O-]. The van der Waals surface area contributed by atoms with Gasteiger partial charge in [-0.05, 0) is 30.7 Å². The second kappa shape index (κ2) is 5.84. The van der Waals surface area contributed by atoms with Crippen molar-refractivity contribution in [3.05, 3.63) is 68.2 Å². The monoisotopic (exact) mass is 321 g/mol. The zero-order chi connectivity index (χ0) is 13.8. The molecule has 0 spiro atoms. The van der Waals surface area contributed by atoms with Crippen molar-refractivity contribution in [3.63, 3.8) is 0 Å². The lowest BCUT2D eigenvalue weighted by molar-refractivity contribution is -0.385. The summed E-state index contributed by atoms with van der Waals surface area (Å²) in [5, 5.41) is 11.0. The lowest BCUT2D eigenvalue weighted by Gasteiger charge is -2.09. The average molecular weight is 322 g/mol. The largest absolute Gasteiger partial charge is 0.488 e. The minimum absolute atomic E-state index is 0.0583. The highest BCUT2D eigenvalue weighted by Gasteiger charge is 2.14. The van der Waals surface area contributed by atoms with Crippen LogP contribution in [0, 0.1) is 17.0 Å². The molecule has 5 heteroatoms. The molecular weight excluding hydrogens is 310 g/mol. The maximum atomic E-state index is 11.0. The fourth-order valence-electron chi connectivity index (χ4n) is 1.70. The molecule has 0 amide bonds. The molecule has 0 aliphatic rings. The summed E-state index contributed by atoms with van der Waals surface area (Å²) in [5.74, 6) is 0.736. The number of halogens is 1. The minimum Gasteiger partial charge on any atom is -0.488 e. The molecule has 0 saturated heterocycles. The molecule has 2 aromatic rings. The summed E-state index contributed by atoms with van der Waals surface area (Å²) in [6.07, 6.45) is 0. The molecule has 0 unspecified atom stereocenters. The molecule has 0 aromatic heterocycles. The van der Waals surface area contributed by atoms with Gasteiger partial charge in [0.05, 0.1) is 10.5 Å². The fraction of sp³-hybridized carbons (Fsp3) is 0.143. The van der Waals surface area contributed by atoms with E-state index in [2.05, 4.69) is 15.9 Å². The van der Waals surface area contributed by atoms with Crippen LogP contribution < -0.4 is 4.74 Å². The van der Waals surface area contributed by atoms with Crippen molar-refractivity contribution >= 4 is 21.6 Å². The van der Waals surface area contributed by atoms with Gasteiger partial charge < -0.3 is 4.74 Å². The first-order valence-electron chi connectivity index (χ1n) is 5.69. The van der Waals surface area contributed by atoms with Gasteiger partial charge in [-0.1, -0.05) is 34.1 Å². The smallest absolute Gasteiger partial charge is 0.277 e. The van der Waals surface area contributed by atoms with E-state index in [-0.39, 0.29) is 12.3 Å². The number of hydrogen-bond acceptors (Lipinski definition) is 3. The Hall–Kier alpha value is -1.88. The molecule has 0 saturated carbocycles. The predicted octanol–water partition coefficient (Wildman–Crippen LogP) is 4.24. The van der Waals surface area contributed by atoms with Crippen LogP contribution >= 0.6 is 15.9 Å². The van der Waals surface area contributed by atoms with Crippen LogP contribution in [0.3, 0.4) is 0 Å². The van der Waals surface area contributed by atoms with Gasteiger partial charge in [0.15, 0.2) is 0 Å². The van der Waals surface area contributed by atoms with Crippen molar-refractivity contribution in [1.29, 1.82) is 0 Å². The average Bonchev–Trinajstić information content (AvgIpc) is 2.38. The second-order valence-corrected chi connectivity index (χ2v) is 5.00. The number of nitrogens with zero attached hydrogens (tertiary/aromatic N) is 1. The molecule has 0 fully saturated rings. The molecule has 98 valence electrons. The van der Waals surface area contributed by atoms with Gasteiger partial charge in [-0.2, -0.15) is 0 Å². The van der Waals surface area contributed by atoms with Crippen LogP contribution in [0.1, 0.15) is 11.1 Å². The number of aryl methyl sites for hydroxylation is 1. The Balaban J connectivity index is 2.20. The van der Waals surface area contributed by atoms with Crippen molar-refractivity contribution in [2.75, 3.05) is 0 Å². The van der Waals surface area contributed by atoms with Gasteiger partial charge in [0.25, 0.3) is 5.69 Å². The lowest BCUT2D eigenvalue weighted by atomic mass is 10.2. The number of rotatable bonds is 4. The number of nitro benzene ring substituents is 1. The van der Waals surface area contributed by atoms with Crippen LogP contribution in [-0.4, -0.2) is 4.92 Å². The van der Waals surface area contributed by atoms with Crippen molar-refractivity contribution in [1.82, 2.24) is 0 Å². The third kappa shape index (κ3) is 3.32. The van der Waals surface area contributed by atoms with Gasteiger partial charge in [-0.3, -0.25) is 10.1 Å². The highest BCUT2D eigenvalue weighted by atomic mass is 79.9. The van der Waals surface area contributed by atoms with Crippen LogP contribution in [0.2, 0.25) is 0 Å². The summed E-state index contributed by atoms with van der Waals surface area (Å²) in [6.45, 7) is 2.11. The van der Waals surface area contributed by atoms with E-state index in [1.807, 2.05) is 31.2 Å². The summed E-state index contributed by atoms with van der Waals surface area (Å²) in [6, 6.07) is 12.5. The van der Waals surface area contributed by atoms with E-state index in [1.54, 1.807) is 12.1 Å². The normalized spacial score (nSPS) is 10.2. The summed E-state index contributed by atoms with van der Waals surface area (Å²) in [7, 11) is 0. The van der Waals surface area contributed by atoms with Gasteiger partial charge in [0, 0.05) is 10.5 Å². The van der Waals surface area contributed by atoms with Crippen molar-refractivity contribution in [3.8, 4) is 5.75 Å². The van der Waals surface area contributed by atoms with Crippen LogP contribution in [0.5, 0.6) is 5.75 Å². The van der Waals surface area contributed by atoms with Crippen LogP contribution in [0.4, 0.5) is 5.69 Å². The number of ether oxygens (including phenoxy) is 1. The van der Waals surface area contributed by atoms with E-state index in [1.165, 1.54) is 6.07 Å². The Kier molecular flexibility index (Phi) is 4.16. The van der Waals surface area contributed by atoms with Gasteiger partial charge in [-0.15, -0.1) is 0 Å². The van der Waals surface area contributed by atoms with Gasteiger partial charge >= 0.3 is 0 Å². The Labute approximate surface area is 119 Å². The maximum absolute atomic E-state index is 11.0. The molecule has 2 rings (SSSR count). The Bertz CT molecular complexity index is 613. The van der Waals surface area contributed by atoms with Crippen LogP contribution in [0.15, 0.2) is 46.9 Å². The summed E-state index contributed by atoms with van der Waals surface area (Å²) >= 11 is 3.23. The van der Waals surface area contributed by atoms with Crippen molar-refractivity contribution in [2.45, 2.75) is 13.5 Å². The van der Waals surface area contributed by atoms with Gasteiger partial charge in [0.2, 0.25) is 0 Å². The van der Waals surface area contributed by atoms with Gasteiger partial charge in [-0.25, -0.2) is 0 Å². The van der Waals surface area contributed by atoms with E-state index in [0.29, 0.717) is 10.0 Å². The van der Waals surface area contributed by atoms with Crippen LogP contribution in [-0.2, 0) is 6.61 Å². The second-order valence-electron chi connectivity index (χ2n) is 4.08. The van der Waals surface area contributed by atoms with Crippen LogP contribution in [0.25, 0.3) is 0 Å². The third-order valence-electron chi connectivity index (χ3n) is 2.72. The quantitative estimate of drug-likeness (QED) is 0.625. The predicted molar refractivity (Wildman–Crippen MR) is 76.3 cm³/mol. The first-order chi connectivity index (χ1) is 9.08. The zero-order valence-electron chi connectivity index (χ0n) is 10.3. The number of para-hydroxylation sites is 1. The molecule has 0 bridgehead atoms. The molecule has 19 heavy (non-hydrogen) atoms. The topological polar surface area (TPSA) is 52.4 Å². The lowest BCUT2D eigenvalue weighted by Crippen LogP contribution is -2.01. The highest BCUT2D eigenvalue weighted by molar-refractivity contribution is 9.10. The zero-order valence-corrected chi connectivity index (χ0v) is 11.9. The molecule has 0 radical (unpaired) electrons. The summed E-state index contributed by atoms with van der Waals surface area (Å²) < 4.78 is 6.31. The highest BCUT2D eigenvalue weighted by Crippen LogP contribution is 2.25. The number of nitro groups is 1.